The van der Waals surface area contributed by atoms with Crippen LogP contribution in [0.25, 0.3) is 0 Å². The molecule has 0 aromatic carbocycles. The number of hydrogen-bond acceptors (Lipinski definition) is 5. The quantitative estimate of drug-likeness (QED) is 0.686. The molecule has 3 rings (SSSR count). The van der Waals surface area contributed by atoms with Gasteiger partial charge in [-0.1, -0.05) is 0 Å². The average molecular weight is 436 g/mol. The summed E-state index contributed by atoms with van der Waals surface area (Å²) in [4.78, 5) is 14.1. The maximum atomic E-state index is 13.5. The zero-order valence-electron chi connectivity index (χ0n) is 17.4. The maximum absolute atomic E-state index is 13.5. The molecule has 164 valence electrons. The van der Waals surface area contributed by atoms with E-state index in [0.717, 1.165) is 0 Å². The molecule has 0 saturated carbocycles. The summed E-state index contributed by atoms with van der Waals surface area (Å²) >= 11 is 0.678. The lowest BCUT2D eigenvalue weighted by Crippen LogP contribution is -2.57. The Balaban J connectivity index is 1.97. The Morgan fingerprint density at radius 1 is 1.28 bits per heavy atom. The number of amides is 1. The number of rotatable bonds is 1. The molecule has 1 fully saturated rings. The van der Waals surface area contributed by atoms with E-state index in [9.17, 15) is 23.1 Å². The molecular formula is C20H28F3NO4S. The molecule has 0 bridgehead atoms. The van der Waals surface area contributed by atoms with Crippen molar-refractivity contribution in [3.63, 3.8) is 0 Å². The Kier molecular flexibility index (Phi) is 5.73. The van der Waals surface area contributed by atoms with Crippen LogP contribution >= 0.6 is 11.3 Å². The van der Waals surface area contributed by atoms with Gasteiger partial charge in [0.2, 0.25) is 0 Å². The van der Waals surface area contributed by atoms with E-state index in [1.807, 2.05) is 13.8 Å². The van der Waals surface area contributed by atoms with Crippen LogP contribution < -0.4 is 0 Å². The summed E-state index contributed by atoms with van der Waals surface area (Å²) < 4.78 is 52.3. The van der Waals surface area contributed by atoms with Gasteiger partial charge in [0, 0.05) is 35.4 Å². The number of aliphatic hydroxyl groups is 1. The Bertz CT molecular complexity index is 772. The number of alkyl halides is 3. The molecule has 1 saturated heterocycles. The van der Waals surface area contributed by atoms with E-state index in [-0.39, 0.29) is 17.6 Å². The molecule has 29 heavy (non-hydrogen) atoms. The lowest BCUT2D eigenvalue weighted by Gasteiger charge is -2.50. The molecule has 1 aromatic rings. The lowest BCUT2D eigenvalue weighted by atomic mass is 9.78. The molecule has 1 spiro atoms. The predicted octanol–water partition coefficient (Wildman–Crippen LogP) is 4.84. The normalized spacial score (nSPS) is 27.8. The number of ether oxygens (including phenoxy) is 2. The first-order valence-corrected chi connectivity index (χ1v) is 10.6. The van der Waals surface area contributed by atoms with E-state index in [1.165, 1.54) is 0 Å². The minimum absolute atomic E-state index is 0.0324. The van der Waals surface area contributed by atoms with Gasteiger partial charge < -0.3 is 19.5 Å². The van der Waals surface area contributed by atoms with Crippen LogP contribution in [0.3, 0.4) is 0 Å². The van der Waals surface area contributed by atoms with Crippen LogP contribution in [0.2, 0.25) is 0 Å². The van der Waals surface area contributed by atoms with Crippen LogP contribution in [0, 0.1) is 0 Å². The molecule has 1 aromatic heterocycles. The second-order valence-electron chi connectivity index (χ2n) is 8.96. The minimum atomic E-state index is -4.52. The van der Waals surface area contributed by atoms with E-state index < -0.39 is 35.0 Å². The molecule has 1 N–H and O–H groups in total. The zero-order chi connectivity index (χ0) is 21.8. The van der Waals surface area contributed by atoms with Gasteiger partial charge in [-0.3, -0.25) is 0 Å². The molecule has 3 atom stereocenters. The summed E-state index contributed by atoms with van der Waals surface area (Å²) in [6.45, 7) is 8.76. The second-order valence-corrected chi connectivity index (χ2v) is 9.98. The molecule has 1 unspecified atom stereocenters. The fourth-order valence-corrected chi connectivity index (χ4v) is 5.98. The third kappa shape index (κ3) is 4.14. The van der Waals surface area contributed by atoms with Crippen molar-refractivity contribution in [3.05, 3.63) is 20.9 Å². The number of nitrogens with zero attached hydrogens (tertiary/aromatic N) is 1. The van der Waals surface area contributed by atoms with E-state index in [1.54, 1.807) is 25.7 Å². The largest absolute Gasteiger partial charge is 0.444 e. The molecular weight excluding hydrogens is 407 g/mol. The van der Waals surface area contributed by atoms with Crippen molar-refractivity contribution in [3.8, 4) is 0 Å². The molecule has 0 aliphatic carbocycles. The van der Waals surface area contributed by atoms with Gasteiger partial charge in [0.05, 0.1) is 13.2 Å². The SMILES string of the molecule is C[C@@H]1CC2(C[C@H](C)N1C(=O)OC(C)(C)C)OCCc1c2sc(C(F)(F)F)c1CO. The van der Waals surface area contributed by atoms with Gasteiger partial charge in [-0.05, 0) is 46.6 Å². The molecule has 3 heterocycles. The number of piperidine rings is 1. The molecule has 9 heteroatoms. The Labute approximate surface area is 172 Å². The van der Waals surface area contributed by atoms with Gasteiger partial charge in [0.15, 0.2) is 0 Å². The van der Waals surface area contributed by atoms with E-state index >= 15 is 0 Å². The van der Waals surface area contributed by atoms with Crippen LogP contribution in [0.1, 0.15) is 68.3 Å². The number of halogens is 3. The maximum Gasteiger partial charge on any atom is 0.425 e. The summed E-state index contributed by atoms with van der Waals surface area (Å²) in [5.74, 6) is 0. The van der Waals surface area contributed by atoms with Gasteiger partial charge in [0.25, 0.3) is 0 Å². The third-order valence-electron chi connectivity index (χ3n) is 5.48. The fraction of sp³-hybridized carbons (Fsp3) is 0.750. The van der Waals surface area contributed by atoms with Crippen molar-refractivity contribution in [1.29, 1.82) is 0 Å². The zero-order valence-corrected chi connectivity index (χ0v) is 18.2. The molecule has 2 aliphatic rings. The van der Waals surface area contributed by atoms with Crippen molar-refractivity contribution in [2.75, 3.05) is 6.61 Å². The van der Waals surface area contributed by atoms with Crippen LogP contribution in [-0.4, -0.2) is 40.4 Å². The molecule has 0 radical (unpaired) electrons. The first-order chi connectivity index (χ1) is 13.3. The van der Waals surface area contributed by atoms with E-state index in [2.05, 4.69) is 0 Å². The first-order valence-electron chi connectivity index (χ1n) is 9.77. The number of carbonyl (C=O) groups excluding carboxylic acids is 1. The smallest absolute Gasteiger partial charge is 0.425 e. The van der Waals surface area contributed by atoms with Gasteiger partial charge in [-0.15, -0.1) is 11.3 Å². The van der Waals surface area contributed by atoms with Crippen LogP contribution in [-0.2, 0) is 34.3 Å². The standard InChI is InChI=1S/C20H28F3NO4S/c1-11-8-19(9-12(2)24(11)17(26)28-18(3,4)5)15-13(6-7-27-19)14(10-25)16(29-15)20(21,22)23/h11-12,25H,6-10H2,1-5H3/t11-,12+,19?. The van der Waals surface area contributed by atoms with Crippen LogP contribution in [0.4, 0.5) is 18.0 Å². The highest BCUT2D eigenvalue weighted by molar-refractivity contribution is 7.12. The molecule has 1 amide bonds. The summed E-state index contributed by atoms with van der Waals surface area (Å²) in [5.41, 5.74) is -0.995. The summed E-state index contributed by atoms with van der Waals surface area (Å²) in [6, 6.07) is -0.540. The monoisotopic (exact) mass is 435 g/mol. The van der Waals surface area contributed by atoms with Gasteiger partial charge in [-0.25, -0.2) is 4.79 Å². The number of likely N-dealkylation sites (tertiary alicyclic amines) is 1. The van der Waals surface area contributed by atoms with Crippen molar-refractivity contribution in [1.82, 2.24) is 4.90 Å². The second kappa shape index (κ2) is 7.42. The highest BCUT2D eigenvalue weighted by Gasteiger charge is 2.51. The number of thiophene rings is 1. The van der Waals surface area contributed by atoms with Crippen molar-refractivity contribution < 1.29 is 32.5 Å². The highest BCUT2D eigenvalue weighted by atomic mass is 32.1. The fourth-order valence-electron chi connectivity index (χ4n) is 4.59. The summed E-state index contributed by atoms with van der Waals surface area (Å²) in [6.07, 6.45) is -3.84. The number of aliphatic hydroxyl groups excluding tert-OH is 1. The highest BCUT2D eigenvalue weighted by Crippen LogP contribution is 2.52. The number of carbonyl (C=O) groups is 1. The molecule has 5 nitrogen and oxygen atoms in total. The van der Waals surface area contributed by atoms with E-state index in [0.29, 0.717) is 47.6 Å². The average Bonchev–Trinajstić information content (AvgIpc) is 2.93. The predicted molar refractivity (Wildman–Crippen MR) is 103 cm³/mol. The Morgan fingerprint density at radius 2 is 1.86 bits per heavy atom. The third-order valence-corrected chi connectivity index (χ3v) is 6.99. The lowest BCUT2D eigenvalue weighted by molar-refractivity contribution is -0.135. The minimum Gasteiger partial charge on any atom is -0.444 e. The topological polar surface area (TPSA) is 59.0 Å². The van der Waals surface area contributed by atoms with Gasteiger partial charge in [0.1, 0.15) is 16.1 Å². The van der Waals surface area contributed by atoms with Crippen molar-refractivity contribution in [2.24, 2.45) is 0 Å². The van der Waals surface area contributed by atoms with Gasteiger partial charge >= 0.3 is 12.3 Å². The Morgan fingerprint density at radius 3 is 2.34 bits per heavy atom. The van der Waals surface area contributed by atoms with Crippen molar-refractivity contribution in [2.45, 2.75) is 90.0 Å². The summed E-state index contributed by atoms with van der Waals surface area (Å²) in [7, 11) is 0. The number of hydrogen-bond donors (Lipinski definition) is 1. The number of fused-ring (bicyclic) bond motifs is 2. The van der Waals surface area contributed by atoms with Gasteiger partial charge in [-0.2, -0.15) is 13.2 Å². The van der Waals surface area contributed by atoms with E-state index in [4.69, 9.17) is 9.47 Å². The Hall–Kier alpha value is -1.32. The van der Waals surface area contributed by atoms with Crippen LogP contribution in [0.15, 0.2) is 0 Å². The first kappa shape index (κ1) is 22.4. The van der Waals surface area contributed by atoms with Crippen LogP contribution in [0.5, 0.6) is 0 Å². The van der Waals surface area contributed by atoms with Crippen molar-refractivity contribution >= 4 is 17.4 Å². The molecule has 2 aliphatic heterocycles. The summed E-state index contributed by atoms with van der Waals surface area (Å²) in [5, 5.41) is 9.64.